The molecule has 0 radical (unpaired) electrons. The lowest BCUT2D eigenvalue weighted by Gasteiger charge is -2.03. The van der Waals surface area contributed by atoms with Gasteiger partial charge in [0.25, 0.3) is 0 Å². The Hall–Kier alpha value is -1.39. The van der Waals surface area contributed by atoms with Crippen LogP contribution in [0.5, 0.6) is 0 Å². The predicted octanol–water partition coefficient (Wildman–Crippen LogP) is 2.57. The molecule has 0 bridgehead atoms. The second-order valence-electron chi connectivity index (χ2n) is 4.75. The van der Waals surface area contributed by atoms with E-state index in [2.05, 4.69) is 34.1 Å². The summed E-state index contributed by atoms with van der Waals surface area (Å²) in [5.74, 6) is 0. The normalized spacial score (nSPS) is 11.3. The third-order valence-electron chi connectivity index (χ3n) is 3.21. The van der Waals surface area contributed by atoms with Gasteiger partial charge >= 0.3 is 0 Å². The smallest absolute Gasteiger partial charge is 0.140 e. The Morgan fingerprint density at radius 1 is 1.42 bits per heavy atom. The van der Waals surface area contributed by atoms with Gasteiger partial charge in [-0.3, -0.25) is 0 Å². The lowest BCUT2D eigenvalue weighted by molar-refractivity contribution is 0.190. The molecule has 1 N–H and O–H groups in total. The average Bonchev–Trinajstić information content (AvgIpc) is 2.79. The fourth-order valence-corrected chi connectivity index (χ4v) is 2.29. The quantitative estimate of drug-likeness (QED) is 0.742. The number of aryl methyl sites for hydroxylation is 1. The summed E-state index contributed by atoms with van der Waals surface area (Å²) in [6.45, 7) is 5.89. The second-order valence-corrected chi connectivity index (χ2v) is 4.75. The summed E-state index contributed by atoms with van der Waals surface area (Å²) in [5.41, 5.74) is 2.40. The first-order chi connectivity index (χ1) is 9.36. The van der Waals surface area contributed by atoms with E-state index < -0.39 is 0 Å². The van der Waals surface area contributed by atoms with Crippen LogP contribution in [-0.4, -0.2) is 29.8 Å². The van der Waals surface area contributed by atoms with Crippen molar-refractivity contribution in [1.29, 1.82) is 0 Å². The predicted molar refractivity (Wildman–Crippen MR) is 78.2 cm³/mol. The van der Waals surface area contributed by atoms with Gasteiger partial charge in [-0.15, -0.1) is 0 Å². The van der Waals surface area contributed by atoms with Gasteiger partial charge in [0, 0.05) is 44.6 Å². The first kappa shape index (κ1) is 14.0. The molecule has 0 spiro atoms. The van der Waals surface area contributed by atoms with Crippen LogP contribution in [0.15, 0.2) is 24.5 Å². The summed E-state index contributed by atoms with van der Waals surface area (Å²) in [7, 11) is 1.74. The highest BCUT2D eigenvalue weighted by Crippen LogP contribution is 2.19. The van der Waals surface area contributed by atoms with Gasteiger partial charge in [0.1, 0.15) is 5.65 Å². The van der Waals surface area contributed by atoms with Crippen molar-refractivity contribution in [3.8, 4) is 0 Å². The number of nitrogens with one attached hydrogen (secondary N) is 1. The molecule has 0 aliphatic rings. The van der Waals surface area contributed by atoms with E-state index in [4.69, 9.17) is 4.74 Å². The molecule has 0 saturated carbocycles. The van der Waals surface area contributed by atoms with Crippen molar-refractivity contribution in [1.82, 2.24) is 14.9 Å². The standard InChI is InChI=1S/C15H23N3O/c1-3-7-16-11-13-12-18(9-5-10-19-2)15-14(13)6-4-8-17-15/h4,6,8,12,16H,3,5,7,9-11H2,1-2H3. The molecular weight excluding hydrogens is 238 g/mol. The van der Waals surface area contributed by atoms with Gasteiger partial charge in [0.05, 0.1) is 0 Å². The fraction of sp³-hybridized carbons (Fsp3) is 0.533. The largest absolute Gasteiger partial charge is 0.385 e. The Bertz CT molecular complexity index is 463. The Labute approximate surface area is 114 Å². The third-order valence-corrected chi connectivity index (χ3v) is 3.21. The maximum atomic E-state index is 5.12. The number of nitrogens with zero attached hydrogens (tertiary/aromatic N) is 2. The molecule has 4 heteroatoms. The maximum Gasteiger partial charge on any atom is 0.140 e. The van der Waals surface area contributed by atoms with Crippen LogP contribution in [0, 0.1) is 0 Å². The Morgan fingerprint density at radius 2 is 2.32 bits per heavy atom. The van der Waals surface area contributed by atoms with Gasteiger partial charge in [-0.1, -0.05) is 6.92 Å². The lowest BCUT2D eigenvalue weighted by Crippen LogP contribution is -2.13. The number of aromatic nitrogens is 2. The van der Waals surface area contributed by atoms with E-state index in [0.29, 0.717) is 0 Å². The van der Waals surface area contributed by atoms with Crippen LogP contribution in [0.4, 0.5) is 0 Å². The van der Waals surface area contributed by atoms with E-state index in [1.54, 1.807) is 7.11 Å². The van der Waals surface area contributed by atoms with Crippen LogP contribution < -0.4 is 5.32 Å². The summed E-state index contributed by atoms with van der Waals surface area (Å²) in [6, 6.07) is 4.16. The van der Waals surface area contributed by atoms with Crippen molar-refractivity contribution in [2.45, 2.75) is 32.9 Å². The van der Waals surface area contributed by atoms with Crippen molar-refractivity contribution in [2.24, 2.45) is 0 Å². The number of pyridine rings is 1. The molecule has 0 aliphatic carbocycles. The molecule has 0 fully saturated rings. The van der Waals surface area contributed by atoms with Gasteiger partial charge in [0.15, 0.2) is 0 Å². The van der Waals surface area contributed by atoms with Crippen LogP contribution in [0.2, 0.25) is 0 Å². The molecule has 2 aromatic heterocycles. The Balaban J connectivity index is 2.16. The van der Waals surface area contributed by atoms with Crippen molar-refractivity contribution >= 4 is 11.0 Å². The van der Waals surface area contributed by atoms with E-state index in [-0.39, 0.29) is 0 Å². The average molecular weight is 261 g/mol. The molecule has 4 nitrogen and oxygen atoms in total. The van der Waals surface area contributed by atoms with Gasteiger partial charge < -0.3 is 14.6 Å². The monoisotopic (exact) mass is 261 g/mol. The summed E-state index contributed by atoms with van der Waals surface area (Å²) in [4.78, 5) is 4.50. The zero-order chi connectivity index (χ0) is 13.5. The van der Waals surface area contributed by atoms with E-state index in [1.165, 1.54) is 10.9 Å². The van der Waals surface area contributed by atoms with Gasteiger partial charge in [-0.2, -0.15) is 0 Å². The highest BCUT2D eigenvalue weighted by Gasteiger charge is 2.08. The van der Waals surface area contributed by atoms with E-state index in [9.17, 15) is 0 Å². The SMILES string of the molecule is CCCNCc1cn(CCCOC)c2ncccc12. The minimum absolute atomic E-state index is 0.788. The molecule has 0 unspecified atom stereocenters. The molecular formula is C15H23N3O. The molecule has 0 atom stereocenters. The van der Waals surface area contributed by atoms with Crippen molar-refractivity contribution in [2.75, 3.05) is 20.3 Å². The highest BCUT2D eigenvalue weighted by atomic mass is 16.5. The maximum absolute atomic E-state index is 5.12. The summed E-state index contributed by atoms with van der Waals surface area (Å²) in [5, 5.41) is 4.71. The lowest BCUT2D eigenvalue weighted by atomic mass is 10.2. The number of fused-ring (bicyclic) bond motifs is 1. The summed E-state index contributed by atoms with van der Waals surface area (Å²) < 4.78 is 7.35. The molecule has 0 saturated heterocycles. The molecule has 0 aromatic carbocycles. The van der Waals surface area contributed by atoms with Crippen molar-refractivity contribution < 1.29 is 4.74 Å². The summed E-state index contributed by atoms with van der Waals surface area (Å²) in [6.07, 6.45) is 6.25. The minimum Gasteiger partial charge on any atom is -0.385 e. The fourth-order valence-electron chi connectivity index (χ4n) is 2.29. The Morgan fingerprint density at radius 3 is 3.11 bits per heavy atom. The van der Waals surface area contributed by atoms with Crippen LogP contribution in [-0.2, 0) is 17.8 Å². The molecule has 104 valence electrons. The number of hydrogen-bond donors (Lipinski definition) is 1. The van der Waals surface area contributed by atoms with Crippen molar-refractivity contribution in [3.63, 3.8) is 0 Å². The molecule has 2 heterocycles. The zero-order valence-electron chi connectivity index (χ0n) is 11.9. The molecule has 2 aromatic rings. The third kappa shape index (κ3) is 3.55. The molecule has 2 rings (SSSR count). The van der Waals surface area contributed by atoms with Gasteiger partial charge in [-0.05, 0) is 37.1 Å². The summed E-state index contributed by atoms with van der Waals surface area (Å²) >= 11 is 0. The van der Waals surface area contributed by atoms with E-state index in [0.717, 1.165) is 44.7 Å². The van der Waals surface area contributed by atoms with Crippen LogP contribution in [0.3, 0.4) is 0 Å². The van der Waals surface area contributed by atoms with E-state index >= 15 is 0 Å². The van der Waals surface area contributed by atoms with Crippen LogP contribution in [0.25, 0.3) is 11.0 Å². The molecule has 19 heavy (non-hydrogen) atoms. The van der Waals surface area contributed by atoms with Gasteiger partial charge in [0.2, 0.25) is 0 Å². The van der Waals surface area contributed by atoms with Crippen LogP contribution >= 0.6 is 0 Å². The minimum atomic E-state index is 0.788. The number of ether oxygens (including phenoxy) is 1. The molecule has 0 amide bonds. The van der Waals surface area contributed by atoms with E-state index in [1.807, 2.05) is 12.3 Å². The van der Waals surface area contributed by atoms with Crippen LogP contribution in [0.1, 0.15) is 25.3 Å². The zero-order valence-corrected chi connectivity index (χ0v) is 11.9. The highest BCUT2D eigenvalue weighted by molar-refractivity contribution is 5.80. The number of methoxy groups -OCH3 is 1. The first-order valence-corrected chi connectivity index (χ1v) is 6.99. The van der Waals surface area contributed by atoms with Gasteiger partial charge in [-0.25, -0.2) is 4.98 Å². The molecule has 0 aliphatic heterocycles. The number of rotatable bonds is 8. The Kier molecular flexibility index (Phi) is 5.36. The first-order valence-electron chi connectivity index (χ1n) is 6.99. The van der Waals surface area contributed by atoms with Crippen molar-refractivity contribution in [3.05, 3.63) is 30.1 Å². The topological polar surface area (TPSA) is 39.1 Å². The second kappa shape index (κ2) is 7.26. The number of hydrogen-bond acceptors (Lipinski definition) is 3.